The van der Waals surface area contributed by atoms with Crippen LogP contribution in [0, 0.1) is 22.7 Å². The molecule has 0 bridgehead atoms. The molecule has 0 unspecified atom stereocenters. The topological polar surface area (TPSA) is 76.7 Å². The van der Waals surface area contributed by atoms with Crippen molar-refractivity contribution in [2.24, 2.45) is 0 Å². The summed E-state index contributed by atoms with van der Waals surface area (Å²) in [6.45, 7) is 0. The molecule has 1 aromatic rings. The third kappa shape index (κ3) is 2.96. The number of nitriles is 2. The zero-order valence-electron chi connectivity index (χ0n) is 9.68. The Kier molecular flexibility index (Phi) is 3.41. The Bertz CT molecular complexity index is 586. The molecule has 0 aromatic heterocycles. The van der Waals surface area contributed by atoms with E-state index >= 15 is 0 Å². The summed E-state index contributed by atoms with van der Waals surface area (Å²) in [5, 5.41) is 20.5. The summed E-state index contributed by atoms with van der Waals surface area (Å²) in [6.07, 6.45) is 3.46. The highest BCUT2D eigenvalue weighted by Crippen LogP contribution is 2.19. The third-order valence-electron chi connectivity index (χ3n) is 2.60. The second kappa shape index (κ2) is 5.16. The fourth-order valence-electron chi connectivity index (χ4n) is 1.50. The Labute approximate surface area is 105 Å². The van der Waals surface area contributed by atoms with Crippen LogP contribution >= 0.6 is 0 Å². The van der Waals surface area contributed by atoms with Crippen LogP contribution in [0.5, 0.6) is 0 Å². The Morgan fingerprint density at radius 3 is 2.78 bits per heavy atom. The van der Waals surface area contributed by atoms with Gasteiger partial charge in [0.15, 0.2) is 0 Å². The van der Waals surface area contributed by atoms with Crippen molar-refractivity contribution >= 4 is 12.0 Å². The zero-order valence-corrected chi connectivity index (χ0v) is 9.68. The summed E-state index contributed by atoms with van der Waals surface area (Å²) in [5.74, 6) is -0.345. The number of carbonyl (C=O) groups excluding carboxylic acids is 1. The molecule has 1 aliphatic rings. The smallest absolute Gasteiger partial charge is 0.262 e. The van der Waals surface area contributed by atoms with E-state index < -0.39 is 0 Å². The first-order valence-corrected chi connectivity index (χ1v) is 5.66. The van der Waals surface area contributed by atoms with Crippen LogP contribution in [0.15, 0.2) is 29.8 Å². The minimum atomic E-state index is -0.345. The molecular weight excluding hydrogens is 226 g/mol. The maximum atomic E-state index is 11.7. The van der Waals surface area contributed by atoms with Crippen molar-refractivity contribution in [1.29, 1.82) is 10.5 Å². The summed E-state index contributed by atoms with van der Waals surface area (Å²) >= 11 is 0. The van der Waals surface area contributed by atoms with Crippen molar-refractivity contribution in [3.05, 3.63) is 41.0 Å². The molecule has 1 N–H and O–H groups in total. The zero-order chi connectivity index (χ0) is 13.0. The number of rotatable bonds is 3. The van der Waals surface area contributed by atoms with Crippen molar-refractivity contribution in [2.75, 3.05) is 0 Å². The van der Waals surface area contributed by atoms with Crippen molar-refractivity contribution < 1.29 is 4.79 Å². The van der Waals surface area contributed by atoms with Gasteiger partial charge in [0.1, 0.15) is 11.6 Å². The number of amides is 1. The maximum Gasteiger partial charge on any atom is 0.262 e. The van der Waals surface area contributed by atoms with E-state index in [2.05, 4.69) is 5.32 Å². The third-order valence-corrected chi connectivity index (χ3v) is 2.60. The van der Waals surface area contributed by atoms with Crippen LogP contribution in [0.4, 0.5) is 0 Å². The molecule has 0 spiro atoms. The lowest BCUT2D eigenvalue weighted by atomic mass is 10.1. The second-order valence-corrected chi connectivity index (χ2v) is 4.15. The second-order valence-electron chi connectivity index (χ2n) is 4.15. The lowest BCUT2D eigenvalue weighted by Gasteiger charge is -2.01. The number of nitrogens with one attached hydrogen (secondary N) is 1. The molecular formula is C14H11N3O. The van der Waals surface area contributed by atoms with Gasteiger partial charge in [0.05, 0.1) is 11.6 Å². The van der Waals surface area contributed by atoms with E-state index in [-0.39, 0.29) is 17.5 Å². The van der Waals surface area contributed by atoms with E-state index in [1.54, 1.807) is 24.3 Å². The van der Waals surface area contributed by atoms with E-state index in [1.165, 1.54) is 6.08 Å². The Hall–Kier alpha value is -2.59. The van der Waals surface area contributed by atoms with Gasteiger partial charge in [-0.25, -0.2) is 0 Å². The van der Waals surface area contributed by atoms with E-state index in [0.29, 0.717) is 11.1 Å². The van der Waals surface area contributed by atoms with Crippen LogP contribution in [-0.4, -0.2) is 11.9 Å². The molecule has 2 rings (SSSR count). The summed E-state index contributed by atoms with van der Waals surface area (Å²) in [6, 6.07) is 10.9. The molecule has 0 aliphatic heterocycles. The van der Waals surface area contributed by atoms with Gasteiger partial charge in [-0.1, -0.05) is 12.1 Å². The van der Waals surface area contributed by atoms with Gasteiger partial charge in [-0.3, -0.25) is 4.79 Å². The summed E-state index contributed by atoms with van der Waals surface area (Å²) in [5.41, 5.74) is 1.25. The molecule has 0 heterocycles. The quantitative estimate of drug-likeness (QED) is 0.642. The van der Waals surface area contributed by atoms with Gasteiger partial charge in [0.2, 0.25) is 0 Å². The number of nitrogens with zero attached hydrogens (tertiary/aromatic N) is 2. The first-order valence-electron chi connectivity index (χ1n) is 5.66. The highest BCUT2D eigenvalue weighted by molar-refractivity contribution is 6.01. The fraction of sp³-hybridized carbons (Fsp3) is 0.214. The molecule has 0 atom stereocenters. The molecule has 0 saturated heterocycles. The maximum absolute atomic E-state index is 11.7. The van der Waals surface area contributed by atoms with E-state index in [0.717, 1.165) is 12.8 Å². The SMILES string of the molecule is N#C/C(=C\c1cccc(C#N)c1)C(=O)NC1CC1. The summed E-state index contributed by atoms with van der Waals surface area (Å²) in [4.78, 5) is 11.7. The van der Waals surface area contributed by atoms with Gasteiger partial charge in [-0.2, -0.15) is 10.5 Å². The molecule has 0 radical (unpaired) electrons. The molecule has 1 aliphatic carbocycles. The van der Waals surface area contributed by atoms with Gasteiger partial charge in [-0.15, -0.1) is 0 Å². The van der Waals surface area contributed by atoms with Gasteiger partial charge >= 0.3 is 0 Å². The lowest BCUT2D eigenvalue weighted by molar-refractivity contribution is -0.117. The van der Waals surface area contributed by atoms with Crippen molar-refractivity contribution in [3.63, 3.8) is 0 Å². The van der Waals surface area contributed by atoms with Crippen molar-refractivity contribution in [3.8, 4) is 12.1 Å². The van der Waals surface area contributed by atoms with Crippen LogP contribution < -0.4 is 5.32 Å². The minimum Gasteiger partial charge on any atom is -0.349 e. The number of hydrogen-bond acceptors (Lipinski definition) is 3. The minimum absolute atomic E-state index is 0.0667. The number of carbonyl (C=O) groups is 1. The van der Waals surface area contributed by atoms with Crippen LogP contribution in [0.3, 0.4) is 0 Å². The van der Waals surface area contributed by atoms with Gasteiger partial charge < -0.3 is 5.32 Å². The average molecular weight is 237 g/mol. The van der Waals surface area contributed by atoms with Crippen LogP contribution in [0.2, 0.25) is 0 Å². The molecule has 4 heteroatoms. The molecule has 1 amide bonds. The average Bonchev–Trinajstić information content (AvgIpc) is 3.20. The number of hydrogen-bond donors (Lipinski definition) is 1. The Balaban J connectivity index is 2.20. The molecule has 4 nitrogen and oxygen atoms in total. The van der Waals surface area contributed by atoms with E-state index in [1.807, 2.05) is 12.1 Å². The Morgan fingerprint density at radius 2 is 2.17 bits per heavy atom. The summed E-state index contributed by atoms with van der Waals surface area (Å²) in [7, 11) is 0. The first-order chi connectivity index (χ1) is 8.72. The predicted molar refractivity (Wildman–Crippen MR) is 65.9 cm³/mol. The predicted octanol–water partition coefficient (Wildman–Crippen LogP) is 1.74. The van der Waals surface area contributed by atoms with Crippen molar-refractivity contribution in [2.45, 2.75) is 18.9 Å². The highest BCUT2D eigenvalue weighted by atomic mass is 16.1. The molecule has 88 valence electrons. The van der Waals surface area contributed by atoms with Gasteiger partial charge in [0, 0.05) is 6.04 Å². The van der Waals surface area contributed by atoms with E-state index in [9.17, 15) is 4.79 Å². The van der Waals surface area contributed by atoms with Crippen LogP contribution in [0.25, 0.3) is 6.08 Å². The van der Waals surface area contributed by atoms with E-state index in [4.69, 9.17) is 10.5 Å². The van der Waals surface area contributed by atoms with Crippen LogP contribution in [0.1, 0.15) is 24.0 Å². The normalized spacial score (nSPS) is 14.4. The molecule has 18 heavy (non-hydrogen) atoms. The highest BCUT2D eigenvalue weighted by Gasteiger charge is 2.24. The Morgan fingerprint density at radius 1 is 1.39 bits per heavy atom. The van der Waals surface area contributed by atoms with Gasteiger partial charge in [0.25, 0.3) is 5.91 Å². The molecule has 1 fully saturated rings. The van der Waals surface area contributed by atoms with Crippen LogP contribution in [-0.2, 0) is 4.79 Å². The van der Waals surface area contributed by atoms with Crippen molar-refractivity contribution in [1.82, 2.24) is 5.32 Å². The monoisotopic (exact) mass is 237 g/mol. The number of benzene rings is 1. The largest absolute Gasteiger partial charge is 0.349 e. The van der Waals surface area contributed by atoms with Gasteiger partial charge in [-0.05, 0) is 36.6 Å². The molecule has 1 saturated carbocycles. The lowest BCUT2D eigenvalue weighted by Crippen LogP contribution is -2.26. The molecule has 1 aromatic carbocycles. The summed E-state index contributed by atoms with van der Waals surface area (Å²) < 4.78 is 0. The fourth-order valence-corrected chi connectivity index (χ4v) is 1.50. The standard InChI is InChI=1S/C14H11N3O/c15-8-11-3-1-2-10(6-11)7-12(9-16)14(18)17-13-4-5-13/h1-3,6-7,13H,4-5H2,(H,17,18)/b12-7+. The first kappa shape index (κ1) is 11.9.